The van der Waals surface area contributed by atoms with E-state index in [-0.39, 0.29) is 55.7 Å². The summed E-state index contributed by atoms with van der Waals surface area (Å²) < 4.78 is 0. The van der Waals surface area contributed by atoms with Crippen LogP contribution in [0, 0.1) is 13.8 Å². The molecule has 198 valence electrons. The van der Waals surface area contributed by atoms with Gasteiger partial charge in [0, 0.05) is 33.0 Å². The Kier molecular flexibility index (Phi) is 6.84. The van der Waals surface area contributed by atoms with Gasteiger partial charge in [0.1, 0.15) is 11.5 Å². The number of hydrogen-bond acceptors (Lipinski definition) is 8. The van der Waals surface area contributed by atoms with E-state index in [4.69, 9.17) is 0 Å². The van der Waals surface area contributed by atoms with Crippen molar-refractivity contribution in [2.45, 2.75) is 53.4 Å². The number of rotatable bonds is 7. The summed E-state index contributed by atoms with van der Waals surface area (Å²) in [6.45, 7) is 6.99. The van der Waals surface area contributed by atoms with Gasteiger partial charge in [0.25, 0.3) is 0 Å². The lowest BCUT2D eigenvalue weighted by Gasteiger charge is -2.23. The normalized spacial score (nSPS) is 11.4. The van der Waals surface area contributed by atoms with E-state index >= 15 is 0 Å². The number of aromatic hydroxyl groups is 6. The lowest BCUT2D eigenvalue weighted by Crippen LogP contribution is -2.01. The summed E-state index contributed by atoms with van der Waals surface area (Å²) in [4.78, 5) is 24.0. The minimum atomic E-state index is -0.662. The lowest BCUT2D eigenvalue weighted by molar-refractivity contribution is 0.111. The molecule has 4 rings (SSSR count). The van der Waals surface area contributed by atoms with Gasteiger partial charge in [-0.3, -0.25) is 9.59 Å². The van der Waals surface area contributed by atoms with Gasteiger partial charge in [0.2, 0.25) is 0 Å². The first-order valence-electron chi connectivity index (χ1n) is 12.4. The van der Waals surface area contributed by atoms with Gasteiger partial charge in [-0.2, -0.15) is 0 Å². The fraction of sp³-hybridized carbons (Fsp3) is 0.267. The van der Waals surface area contributed by atoms with E-state index in [1.165, 1.54) is 0 Å². The summed E-state index contributed by atoms with van der Waals surface area (Å²) in [6, 6.07) is 3.43. The molecule has 0 spiro atoms. The fourth-order valence-electron chi connectivity index (χ4n) is 5.41. The van der Waals surface area contributed by atoms with Crippen molar-refractivity contribution in [3.05, 3.63) is 45.5 Å². The fourth-order valence-corrected chi connectivity index (χ4v) is 5.41. The molecule has 6 N–H and O–H groups in total. The molecule has 0 fully saturated rings. The highest BCUT2D eigenvalue weighted by atomic mass is 16.3. The summed E-state index contributed by atoms with van der Waals surface area (Å²) in [7, 11) is 0. The summed E-state index contributed by atoms with van der Waals surface area (Å²) in [5.41, 5.74) is 1.62. The molecule has 4 aromatic carbocycles. The predicted octanol–water partition coefficient (Wildman–Crippen LogP) is 6.04. The third kappa shape index (κ3) is 3.67. The summed E-state index contributed by atoms with van der Waals surface area (Å²) in [5, 5.41) is 66.0. The quantitative estimate of drug-likeness (QED) is 0.128. The van der Waals surface area contributed by atoms with Crippen LogP contribution in [0.15, 0.2) is 12.1 Å². The average molecular weight is 519 g/mol. The molecule has 0 aromatic heterocycles. The SMILES string of the molecule is CCCc1cc2c(C)c(O)c(O)c(C=O)c2c(O)c1-c1c(CCC)cc2c(C)c(O)c(O)c(C=O)c2c1O. The van der Waals surface area contributed by atoms with Gasteiger partial charge >= 0.3 is 0 Å². The van der Waals surface area contributed by atoms with Gasteiger partial charge in [-0.05, 0) is 60.7 Å². The molecule has 0 saturated carbocycles. The number of phenols is 6. The monoisotopic (exact) mass is 518 g/mol. The molecular weight excluding hydrogens is 488 g/mol. The van der Waals surface area contributed by atoms with E-state index in [1.807, 2.05) is 13.8 Å². The Morgan fingerprint density at radius 2 is 0.921 bits per heavy atom. The van der Waals surface area contributed by atoms with E-state index in [9.17, 15) is 40.2 Å². The third-order valence-electron chi connectivity index (χ3n) is 7.31. The van der Waals surface area contributed by atoms with E-state index < -0.39 is 23.0 Å². The van der Waals surface area contributed by atoms with E-state index in [0.717, 1.165) is 0 Å². The van der Waals surface area contributed by atoms with Gasteiger partial charge in [-0.15, -0.1) is 0 Å². The molecule has 0 aliphatic heterocycles. The number of carbonyl (C=O) groups excluding carboxylic acids is 2. The Morgan fingerprint density at radius 3 is 1.21 bits per heavy atom. The van der Waals surface area contributed by atoms with Crippen molar-refractivity contribution in [2.75, 3.05) is 0 Å². The topological polar surface area (TPSA) is 156 Å². The van der Waals surface area contributed by atoms with Crippen LogP contribution in [-0.4, -0.2) is 43.2 Å². The van der Waals surface area contributed by atoms with Crippen molar-refractivity contribution in [1.29, 1.82) is 0 Å². The molecule has 0 aliphatic rings. The average Bonchev–Trinajstić information content (AvgIpc) is 2.89. The molecule has 0 atom stereocenters. The number of aldehydes is 2. The first-order chi connectivity index (χ1) is 18.0. The second kappa shape index (κ2) is 9.78. The van der Waals surface area contributed by atoms with Gasteiger partial charge in [-0.25, -0.2) is 0 Å². The number of carbonyl (C=O) groups is 2. The Morgan fingerprint density at radius 1 is 0.579 bits per heavy atom. The van der Waals surface area contributed by atoms with Crippen LogP contribution in [0.2, 0.25) is 0 Å². The second-order valence-corrected chi connectivity index (χ2v) is 9.57. The maximum absolute atomic E-state index is 12.0. The van der Waals surface area contributed by atoms with Gasteiger partial charge in [-0.1, -0.05) is 26.7 Å². The maximum atomic E-state index is 12.0. The zero-order valence-corrected chi connectivity index (χ0v) is 21.6. The van der Waals surface area contributed by atoms with E-state index in [2.05, 4.69) is 0 Å². The Labute approximate surface area is 219 Å². The molecule has 0 unspecified atom stereocenters. The summed E-state index contributed by atoms with van der Waals surface area (Å²) in [6.07, 6.45) is 2.93. The zero-order chi connectivity index (χ0) is 28.0. The number of hydrogen-bond donors (Lipinski definition) is 6. The Hall–Kier alpha value is -4.46. The van der Waals surface area contributed by atoms with Crippen LogP contribution in [0.3, 0.4) is 0 Å². The van der Waals surface area contributed by atoms with Crippen molar-refractivity contribution in [1.82, 2.24) is 0 Å². The lowest BCUT2D eigenvalue weighted by atomic mass is 9.83. The Bertz CT molecular complexity index is 1530. The molecule has 0 radical (unpaired) electrons. The molecule has 0 amide bonds. The highest BCUT2D eigenvalue weighted by molar-refractivity contribution is 6.14. The van der Waals surface area contributed by atoms with E-state index in [1.54, 1.807) is 26.0 Å². The maximum Gasteiger partial charge on any atom is 0.169 e. The molecule has 38 heavy (non-hydrogen) atoms. The van der Waals surface area contributed by atoms with Crippen molar-refractivity contribution in [3.8, 4) is 45.6 Å². The molecule has 0 heterocycles. The number of phenolic OH excluding ortho intramolecular Hbond substituents is 6. The first-order valence-corrected chi connectivity index (χ1v) is 12.4. The minimum absolute atomic E-state index is 0.0185. The second-order valence-electron chi connectivity index (χ2n) is 9.57. The Balaban J connectivity index is 2.32. The smallest absolute Gasteiger partial charge is 0.169 e. The van der Waals surface area contributed by atoms with Crippen molar-refractivity contribution in [3.63, 3.8) is 0 Å². The largest absolute Gasteiger partial charge is 0.507 e. The molecule has 0 saturated heterocycles. The molecule has 4 aromatic rings. The van der Waals surface area contributed by atoms with Crippen LogP contribution in [0.1, 0.15) is 69.7 Å². The van der Waals surface area contributed by atoms with Crippen molar-refractivity contribution < 1.29 is 40.2 Å². The van der Waals surface area contributed by atoms with E-state index in [0.29, 0.717) is 60.2 Å². The standard InChI is InChI=1S/C30H30O8/c1-5-7-15-9-17-13(3)25(33)27(35)19(11-31)23(17)29(37)21(15)22-16(8-6-2)10-18-14(4)26(34)28(36)20(12-32)24(18)30(22)38/h9-12,33-38H,5-8H2,1-4H3. The third-order valence-corrected chi connectivity index (χ3v) is 7.31. The number of fused-ring (bicyclic) bond motifs is 2. The van der Waals surface area contributed by atoms with Gasteiger partial charge in [0.15, 0.2) is 35.6 Å². The predicted molar refractivity (Wildman–Crippen MR) is 145 cm³/mol. The van der Waals surface area contributed by atoms with Crippen LogP contribution in [-0.2, 0) is 12.8 Å². The van der Waals surface area contributed by atoms with Crippen LogP contribution in [0.4, 0.5) is 0 Å². The van der Waals surface area contributed by atoms with Gasteiger partial charge < -0.3 is 30.6 Å². The zero-order valence-electron chi connectivity index (χ0n) is 21.6. The van der Waals surface area contributed by atoms with Gasteiger partial charge in [0.05, 0.1) is 11.1 Å². The summed E-state index contributed by atoms with van der Waals surface area (Å²) >= 11 is 0. The molecule has 8 nitrogen and oxygen atoms in total. The first kappa shape index (κ1) is 26.6. The molecule has 8 heteroatoms. The highest BCUT2D eigenvalue weighted by Gasteiger charge is 2.28. The van der Waals surface area contributed by atoms with Crippen molar-refractivity contribution in [2.24, 2.45) is 0 Å². The minimum Gasteiger partial charge on any atom is -0.507 e. The molecule has 0 bridgehead atoms. The molecule has 0 aliphatic carbocycles. The van der Waals surface area contributed by atoms with Crippen molar-refractivity contribution >= 4 is 34.1 Å². The summed E-state index contributed by atoms with van der Waals surface area (Å²) in [5.74, 6) is -2.99. The van der Waals surface area contributed by atoms with Crippen LogP contribution < -0.4 is 0 Å². The van der Waals surface area contributed by atoms with Crippen LogP contribution in [0.5, 0.6) is 34.5 Å². The molecular formula is C30H30O8. The van der Waals surface area contributed by atoms with Crippen LogP contribution >= 0.6 is 0 Å². The number of aryl methyl sites for hydroxylation is 4. The van der Waals surface area contributed by atoms with Crippen LogP contribution in [0.25, 0.3) is 32.7 Å². The highest BCUT2D eigenvalue weighted by Crippen LogP contribution is 2.53. The number of benzene rings is 4.